The second-order valence-electron chi connectivity index (χ2n) is 3.87. The molecule has 0 aliphatic carbocycles. The fourth-order valence-electron chi connectivity index (χ4n) is 1.67. The highest BCUT2D eigenvalue weighted by molar-refractivity contribution is 5.66. The second kappa shape index (κ2) is 3.81. The van der Waals surface area contributed by atoms with Crippen LogP contribution >= 0.6 is 0 Å². The first-order valence-electron chi connectivity index (χ1n) is 5.02. The topological polar surface area (TPSA) is 25.8 Å². The van der Waals surface area contributed by atoms with Crippen molar-refractivity contribution in [2.24, 2.45) is 0 Å². The van der Waals surface area contributed by atoms with Crippen molar-refractivity contribution in [2.45, 2.75) is 20.8 Å². The van der Waals surface area contributed by atoms with Gasteiger partial charge in [0.15, 0.2) is 0 Å². The molecule has 2 heteroatoms. The molecule has 0 N–H and O–H groups in total. The summed E-state index contributed by atoms with van der Waals surface area (Å²) in [4.78, 5) is 8.35. The minimum atomic E-state index is 1.03. The average Bonchev–Trinajstić information content (AvgIpc) is 2.23. The van der Waals surface area contributed by atoms with Crippen LogP contribution in [-0.4, -0.2) is 9.97 Å². The molecule has 0 amide bonds. The first-order valence-corrected chi connectivity index (χ1v) is 5.02. The Labute approximate surface area is 90.0 Å². The lowest BCUT2D eigenvalue weighted by molar-refractivity contribution is 1.13. The quantitative estimate of drug-likeness (QED) is 0.703. The third-order valence-electron chi connectivity index (χ3n) is 2.54. The Morgan fingerprint density at radius 1 is 1.00 bits per heavy atom. The molecule has 0 saturated carbocycles. The standard InChI is InChI=1S/C13H14N2/c1-9-4-5-10(2)12(6-9)13-11(3)7-14-8-15-13/h4-8H,1-3H3. The van der Waals surface area contributed by atoms with Crippen molar-refractivity contribution >= 4 is 0 Å². The lowest BCUT2D eigenvalue weighted by atomic mass is 10.0. The molecule has 0 saturated heterocycles. The zero-order valence-corrected chi connectivity index (χ0v) is 9.28. The largest absolute Gasteiger partial charge is 0.245 e. The van der Waals surface area contributed by atoms with E-state index in [1.54, 1.807) is 6.33 Å². The molecule has 0 atom stereocenters. The first kappa shape index (κ1) is 9.84. The summed E-state index contributed by atoms with van der Waals surface area (Å²) in [7, 11) is 0. The van der Waals surface area contributed by atoms with Gasteiger partial charge >= 0.3 is 0 Å². The zero-order chi connectivity index (χ0) is 10.8. The second-order valence-corrected chi connectivity index (χ2v) is 3.87. The Bertz CT molecular complexity index is 490. The van der Waals surface area contributed by atoms with Gasteiger partial charge in [0, 0.05) is 11.8 Å². The van der Waals surface area contributed by atoms with Crippen LogP contribution in [0.15, 0.2) is 30.7 Å². The number of aryl methyl sites for hydroxylation is 3. The predicted molar refractivity (Wildman–Crippen MR) is 61.7 cm³/mol. The number of hydrogen-bond acceptors (Lipinski definition) is 2. The van der Waals surface area contributed by atoms with Gasteiger partial charge in [0.2, 0.25) is 0 Å². The Hall–Kier alpha value is -1.70. The number of benzene rings is 1. The van der Waals surface area contributed by atoms with Gasteiger partial charge in [-0.2, -0.15) is 0 Å². The van der Waals surface area contributed by atoms with Gasteiger partial charge in [-0.3, -0.25) is 0 Å². The summed E-state index contributed by atoms with van der Waals surface area (Å²) in [6.45, 7) is 6.24. The highest BCUT2D eigenvalue weighted by Crippen LogP contribution is 2.24. The van der Waals surface area contributed by atoms with Gasteiger partial charge in [-0.25, -0.2) is 9.97 Å². The van der Waals surface area contributed by atoms with E-state index in [-0.39, 0.29) is 0 Å². The van der Waals surface area contributed by atoms with E-state index in [9.17, 15) is 0 Å². The summed E-state index contributed by atoms with van der Waals surface area (Å²) in [5.74, 6) is 0. The van der Waals surface area contributed by atoms with Gasteiger partial charge in [0.25, 0.3) is 0 Å². The molecule has 0 bridgehead atoms. The lowest BCUT2D eigenvalue weighted by Gasteiger charge is -2.08. The fourth-order valence-corrected chi connectivity index (χ4v) is 1.67. The molecule has 1 aromatic heterocycles. The fraction of sp³-hybridized carbons (Fsp3) is 0.231. The van der Waals surface area contributed by atoms with Crippen molar-refractivity contribution < 1.29 is 0 Å². The van der Waals surface area contributed by atoms with Crippen LogP contribution in [0.5, 0.6) is 0 Å². The van der Waals surface area contributed by atoms with Crippen LogP contribution in [0.25, 0.3) is 11.3 Å². The van der Waals surface area contributed by atoms with Crippen LogP contribution in [0, 0.1) is 20.8 Å². The molecule has 0 fully saturated rings. The van der Waals surface area contributed by atoms with Crippen molar-refractivity contribution in [2.75, 3.05) is 0 Å². The van der Waals surface area contributed by atoms with Crippen molar-refractivity contribution in [3.63, 3.8) is 0 Å². The Kier molecular flexibility index (Phi) is 2.50. The molecule has 0 aliphatic rings. The molecule has 2 rings (SSSR count). The molecule has 0 aliphatic heterocycles. The smallest absolute Gasteiger partial charge is 0.116 e. The van der Waals surface area contributed by atoms with Gasteiger partial charge in [-0.15, -0.1) is 0 Å². The first-order chi connectivity index (χ1) is 7.18. The van der Waals surface area contributed by atoms with Crippen LogP contribution < -0.4 is 0 Å². The summed E-state index contributed by atoms with van der Waals surface area (Å²) < 4.78 is 0. The Morgan fingerprint density at radius 3 is 2.53 bits per heavy atom. The normalized spacial score (nSPS) is 10.3. The maximum absolute atomic E-state index is 4.34. The van der Waals surface area contributed by atoms with Crippen LogP contribution in [-0.2, 0) is 0 Å². The Balaban J connectivity index is 2.64. The zero-order valence-electron chi connectivity index (χ0n) is 9.28. The van der Waals surface area contributed by atoms with Crippen molar-refractivity contribution in [1.29, 1.82) is 0 Å². The van der Waals surface area contributed by atoms with Crippen molar-refractivity contribution in [3.05, 3.63) is 47.4 Å². The number of aromatic nitrogens is 2. The molecule has 0 unspecified atom stereocenters. The summed E-state index contributed by atoms with van der Waals surface area (Å²) in [5.41, 5.74) is 5.86. The van der Waals surface area contributed by atoms with Gasteiger partial charge in [-0.1, -0.05) is 17.7 Å². The molecular formula is C13H14N2. The van der Waals surface area contributed by atoms with Crippen LogP contribution in [0.2, 0.25) is 0 Å². The number of hydrogen-bond donors (Lipinski definition) is 0. The third kappa shape index (κ3) is 1.89. The van der Waals surface area contributed by atoms with Gasteiger partial charge in [0.05, 0.1) is 5.69 Å². The molecule has 15 heavy (non-hydrogen) atoms. The summed E-state index contributed by atoms with van der Waals surface area (Å²) in [6, 6.07) is 6.42. The van der Waals surface area contributed by atoms with E-state index in [1.165, 1.54) is 16.7 Å². The minimum absolute atomic E-state index is 1.03. The molecule has 1 aromatic carbocycles. The highest BCUT2D eigenvalue weighted by atomic mass is 14.8. The summed E-state index contributed by atoms with van der Waals surface area (Å²) in [5, 5.41) is 0. The van der Waals surface area contributed by atoms with E-state index in [2.05, 4.69) is 42.0 Å². The molecule has 1 heterocycles. The average molecular weight is 198 g/mol. The van der Waals surface area contributed by atoms with Crippen LogP contribution in [0.4, 0.5) is 0 Å². The summed E-state index contributed by atoms with van der Waals surface area (Å²) >= 11 is 0. The van der Waals surface area contributed by atoms with Crippen molar-refractivity contribution in [1.82, 2.24) is 9.97 Å². The summed E-state index contributed by atoms with van der Waals surface area (Å²) in [6.07, 6.45) is 3.45. The van der Waals surface area contributed by atoms with E-state index in [4.69, 9.17) is 0 Å². The molecule has 2 aromatic rings. The van der Waals surface area contributed by atoms with Gasteiger partial charge in [0.1, 0.15) is 6.33 Å². The van der Waals surface area contributed by atoms with E-state index in [0.29, 0.717) is 0 Å². The molecule has 76 valence electrons. The Morgan fingerprint density at radius 2 is 1.80 bits per heavy atom. The molecule has 2 nitrogen and oxygen atoms in total. The van der Waals surface area contributed by atoms with E-state index in [0.717, 1.165) is 11.3 Å². The van der Waals surface area contributed by atoms with Crippen LogP contribution in [0.3, 0.4) is 0 Å². The van der Waals surface area contributed by atoms with E-state index >= 15 is 0 Å². The number of nitrogens with zero attached hydrogens (tertiary/aromatic N) is 2. The third-order valence-corrected chi connectivity index (χ3v) is 2.54. The van der Waals surface area contributed by atoms with Gasteiger partial charge in [-0.05, 0) is 38.0 Å². The molecule has 0 spiro atoms. The number of rotatable bonds is 1. The minimum Gasteiger partial charge on any atom is -0.245 e. The SMILES string of the molecule is Cc1ccc(C)c(-c2ncncc2C)c1. The molecular weight excluding hydrogens is 184 g/mol. The monoisotopic (exact) mass is 198 g/mol. The van der Waals surface area contributed by atoms with Gasteiger partial charge < -0.3 is 0 Å². The predicted octanol–water partition coefficient (Wildman–Crippen LogP) is 3.07. The molecule has 0 radical (unpaired) electrons. The van der Waals surface area contributed by atoms with E-state index < -0.39 is 0 Å². The maximum atomic E-state index is 4.34. The van der Waals surface area contributed by atoms with Crippen LogP contribution in [0.1, 0.15) is 16.7 Å². The van der Waals surface area contributed by atoms with E-state index in [1.807, 2.05) is 13.1 Å². The lowest BCUT2D eigenvalue weighted by Crippen LogP contribution is -1.92. The van der Waals surface area contributed by atoms with Crippen molar-refractivity contribution in [3.8, 4) is 11.3 Å². The maximum Gasteiger partial charge on any atom is 0.116 e. The highest BCUT2D eigenvalue weighted by Gasteiger charge is 2.06.